The van der Waals surface area contributed by atoms with Crippen LogP contribution in [0.2, 0.25) is 0 Å². The molecule has 0 aliphatic heterocycles. The van der Waals surface area contributed by atoms with Crippen LogP contribution in [0.1, 0.15) is 16.8 Å². The third-order valence-electron chi connectivity index (χ3n) is 3.80. The molecule has 5 heteroatoms. The van der Waals surface area contributed by atoms with Crippen LogP contribution < -0.4 is 0 Å². The number of hydrogen-bond donors (Lipinski definition) is 0. The molecule has 0 bridgehead atoms. The molecule has 1 heterocycles. The summed E-state index contributed by atoms with van der Waals surface area (Å²) in [4.78, 5) is 3.75. The molecule has 0 atom stereocenters. The van der Waals surface area contributed by atoms with Crippen molar-refractivity contribution in [2.75, 3.05) is 0 Å². The Morgan fingerprint density at radius 1 is 0.920 bits per heavy atom. The molecule has 0 radical (unpaired) electrons. The molecular formula is C20H13F3N2. The minimum Gasteiger partial charge on any atom is -0.242 e. The van der Waals surface area contributed by atoms with E-state index in [0.717, 1.165) is 11.6 Å². The summed E-state index contributed by atoms with van der Waals surface area (Å²) in [6.45, 7) is 1.85. The predicted octanol–water partition coefficient (Wildman–Crippen LogP) is 5.61. The molecule has 0 aliphatic carbocycles. The summed E-state index contributed by atoms with van der Waals surface area (Å²) >= 11 is 0. The molecule has 0 unspecified atom stereocenters. The Bertz CT molecular complexity index is 955. The summed E-state index contributed by atoms with van der Waals surface area (Å²) in [6.07, 6.45) is -4.60. The first-order valence-electron chi connectivity index (χ1n) is 7.55. The largest absolute Gasteiger partial charge is 0.433 e. The van der Waals surface area contributed by atoms with E-state index in [1.54, 1.807) is 48.5 Å². The molecule has 2 nitrogen and oxygen atoms in total. The van der Waals surface area contributed by atoms with Gasteiger partial charge in [-0.25, -0.2) is 4.98 Å². The molecule has 0 N–H and O–H groups in total. The molecule has 0 saturated carbocycles. The van der Waals surface area contributed by atoms with Crippen molar-refractivity contribution in [1.29, 1.82) is 5.26 Å². The van der Waals surface area contributed by atoms with Crippen LogP contribution in [0, 0.1) is 18.3 Å². The van der Waals surface area contributed by atoms with Gasteiger partial charge in [0, 0.05) is 11.1 Å². The van der Waals surface area contributed by atoms with Crippen LogP contribution in [0.4, 0.5) is 13.2 Å². The van der Waals surface area contributed by atoms with Crippen molar-refractivity contribution in [3.05, 3.63) is 77.5 Å². The summed E-state index contributed by atoms with van der Waals surface area (Å²) < 4.78 is 40.0. The molecule has 25 heavy (non-hydrogen) atoms. The number of aromatic nitrogens is 1. The van der Waals surface area contributed by atoms with Crippen LogP contribution in [-0.4, -0.2) is 4.98 Å². The van der Waals surface area contributed by atoms with E-state index in [-0.39, 0.29) is 16.8 Å². The smallest absolute Gasteiger partial charge is 0.242 e. The lowest BCUT2D eigenvalue weighted by Crippen LogP contribution is -2.10. The van der Waals surface area contributed by atoms with Crippen LogP contribution in [-0.2, 0) is 6.18 Å². The van der Waals surface area contributed by atoms with Gasteiger partial charge in [0.2, 0.25) is 0 Å². The van der Waals surface area contributed by atoms with Gasteiger partial charge in [-0.2, -0.15) is 18.4 Å². The Balaban J connectivity index is 2.36. The van der Waals surface area contributed by atoms with Gasteiger partial charge in [-0.1, -0.05) is 60.2 Å². The number of rotatable bonds is 2. The van der Waals surface area contributed by atoms with E-state index in [4.69, 9.17) is 0 Å². The van der Waals surface area contributed by atoms with Crippen LogP contribution in [0.15, 0.2) is 60.7 Å². The highest BCUT2D eigenvalue weighted by Crippen LogP contribution is 2.37. The summed E-state index contributed by atoms with van der Waals surface area (Å²) in [5, 5.41) is 9.61. The van der Waals surface area contributed by atoms with Crippen LogP contribution in [0.25, 0.3) is 22.4 Å². The predicted molar refractivity (Wildman–Crippen MR) is 89.6 cm³/mol. The van der Waals surface area contributed by atoms with E-state index in [2.05, 4.69) is 4.98 Å². The second kappa shape index (κ2) is 6.40. The van der Waals surface area contributed by atoms with Gasteiger partial charge in [0.25, 0.3) is 0 Å². The maximum Gasteiger partial charge on any atom is 0.433 e. The SMILES string of the molecule is Cc1cccc(-c2cc(C(F)(F)F)nc(-c3ccccc3)c2C#N)c1. The minimum absolute atomic E-state index is 0.0365. The first kappa shape index (κ1) is 16.7. The lowest BCUT2D eigenvalue weighted by Gasteiger charge is -2.14. The molecule has 1 aromatic heterocycles. The lowest BCUT2D eigenvalue weighted by molar-refractivity contribution is -0.141. The molecule has 0 saturated heterocycles. The molecule has 0 fully saturated rings. The Kier molecular flexibility index (Phi) is 4.28. The normalized spacial score (nSPS) is 11.2. The van der Waals surface area contributed by atoms with Gasteiger partial charge in [-0.05, 0) is 18.6 Å². The highest BCUT2D eigenvalue weighted by atomic mass is 19.4. The fourth-order valence-electron chi connectivity index (χ4n) is 2.65. The zero-order chi connectivity index (χ0) is 18.0. The van der Waals surface area contributed by atoms with Crippen molar-refractivity contribution in [2.45, 2.75) is 13.1 Å². The summed E-state index contributed by atoms with van der Waals surface area (Å²) in [7, 11) is 0. The average Bonchev–Trinajstić information content (AvgIpc) is 2.60. The van der Waals surface area contributed by atoms with Gasteiger partial charge in [-0.15, -0.1) is 0 Å². The molecule has 2 aromatic carbocycles. The number of pyridine rings is 1. The van der Waals surface area contributed by atoms with Gasteiger partial charge in [0.15, 0.2) is 0 Å². The van der Waals surface area contributed by atoms with E-state index in [0.29, 0.717) is 11.1 Å². The summed E-state index contributed by atoms with van der Waals surface area (Å²) in [5.41, 5.74) is 1.31. The Morgan fingerprint density at radius 2 is 1.60 bits per heavy atom. The minimum atomic E-state index is -4.60. The Morgan fingerprint density at radius 3 is 2.20 bits per heavy atom. The maximum atomic E-state index is 13.3. The van der Waals surface area contributed by atoms with Gasteiger partial charge in [-0.3, -0.25) is 0 Å². The number of nitrogens with zero attached hydrogens (tertiary/aromatic N) is 2. The highest BCUT2D eigenvalue weighted by Gasteiger charge is 2.34. The van der Waals surface area contributed by atoms with Gasteiger partial charge >= 0.3 is 6.18 Å². The second-order valence-corrected chi connectivity index (χ2v) is 5.62. The van der Waals surface area contributed by atoms with E-state index in [1.807, 2.05) is 19.1 Å². The fraction of sp³-hybridized carbons (Fsp3) is 0.100. The molecular weight excluding hydrogens is 325 g/mol. The van der Waals surface area contributed by atoms with Crippen LogP contribution in [0.3, 0.4) is 0 Å². The number of aryl methyl sites for hydroxylation is 1. The lowest BCUT2D eigenvalue weighted by atomic mass is 9.95. The van der Waals surface area contributed by atoms with Gasteiger partial charge in [0.1, 0.15) is 11.8 Å². The van der Waals surface area contributed by atoms with Crippen molar-refractivity contribution >= 4 is 0 Å². The van der Waals surface area contributed by atoms with Crippen molar-refractivity contribution < 1.29 is 13.2 Å². The fourth-order valence-corrected chi connectivity index (χ4v) is 2.65. The topological polar surface area (TPSA) is 36.7 Å². The number of nitriles is 1. The van der Waals surface area contributed by atoms with Crippen molar-refractivity contribution in [3.8, 4) is 28.5 Å². The quantitative estimate of drug-likeness (QED) is 0.608. The monoisotopic (exact) mass is 338 g/mol. The third-order valence-corrected chi connectivity index (χ3v) is 3.80. The molecule has 124 valence electrons. The third kappa shape index (κ3) is 3.38. The Hall–Kier alpha value is -3.13. The molecule has 0 amide bonds. The number of halogens is 3. The van der Waals surface area contributed by atoms with E-state index in [1.165, 1.54) is 0 Å². The number of benzene rings is 2. The molecule has 0 spiro atoms. The average molecular weight is 338 g/mol. The summed E-state index contributed by atoms with van der Waals surface area (Å²) in [5.74, 6) is 0. The molecule has 3 aromatic rings. The first-order chi connectivity index (χ1) is 11.9. The molecule has 0 aliphatic rings. The highest BCUT2D eigenvalue weighted by molar-refractivity contribution is 5.80. The maximum absolute atomic E-state index is 13.3. The van der Waals surface area contributed by atoms with Crippen molar-refractivity contribution in [1.82, 2.24) is 4.98 Å². The second-order valence-electron chi connectivity index (χ2n) is 5.62. The van der Waals surface area contributed by atoms with Crippen molar-refractivity contribution in [2.24, 2.45) is 0 Å². The zero-order valence-corrected chi connectivity index (χ0v) is 13.3. The number of hydrogen-bond acceptors (Lipinski definition) is 2. The zero-order valence-electron chi connectivity index (χ0n) is 13.3. The molecule has 3 rings (SSSR count). The Labute approximate surface area is 143 Å². The van der Waals surface area contributed by atoms with Crippen LogP contribution in [0.5, 0.6) is 0 Å². The van der Waals surface area contributed by atoms with Crippen LogP contribution >= 0.6 is 0 Å². The standard InChI is InChI=1S/C20H13F3N2/c1-13-6-5-9-15(10-13)16-11-18(20(21,22)23)25-19(17(16)12-24)14-7-3-2-4-8-14/h2-11H,1H3. The van der Waals surface area contributed by atoms with E-state index in [9.17, 15) is 18.4 Å². The van der Waals surface area contributed by atoms with Gasteiger partial charge < -0.3 is 0 Å². The van der Waals surface area contributed by atoms with Gasteiger partial charge in [0.05, 0.1) is 11.3 Å². The first-order valence-corrected chi connectivity index (χ1v) is 7.55. The van der Waals surface area contributed by atoms with E-state index < -0.39 is 11.9 Å². The van der Waals surface area contributed by atoms with E-state index >= 15 is 0 Å². The number of alkyl halides is 3. The summed E-state index contributed by atoms with van der Waals surface area (Å²) in [6, 6.07) is 18.5. The van der Waals surface area contributed by atoms with Crippen molar-refractivity contribution in [3.63, 3.8) is 0 Å².